The number of hydrogen-bond acceptors (Lipinski definition) is 6. The van der Waals surface area contributed by atoms with Gasteiger partial charge in [-0.15, -0.1) is 0 Å². The molecule has 0 aliphatic rings. The van der Waals surface area contributed by atoms with Crippen LogP contribution in [0.4, 0.5) is 0 Å². The van der Waals surface area contributed by atoms with Crippen LogP contribution in [0.3, 0.4) is 0 Å². The first-order chi connectivity index (χ1) is 7.72. The van der Waals surface area contributed by atoms with Crippen LogP contribution in [0.15, 0.2) is 46.1 Å². The molecule has 0 unspecified atom stereocenters. The summed E-state index contributed by atoms with van der Waals surface area (Å²) in [5.74, 6) is -1.06. The number of furan rings is 1. The number of carbonyl (C=O) groups excluding carboxylic acids is 2. The van der Waals surface area contributed by atoms with Gasteiger partial charge in [0.15, 0.2) is 6.39 Å². The smallest absolute Gasteiger partial charge is 0.373 e. The number of carboxylic acids is 1. The molecule has 0 aliphatic heterocycles. The Labute approximate surface area is 111 Å². The SMILES string of the molecule is O=C(O)c1ccco1.O=C=O.[Au].c1cocn1. The van der Waals surface area contributed by atoms with Crippen molar-refractivity contribution in [1.82, 2.24) is 4.98 Å². The standard InChI is InChI=1S/C5H4O3.C3H3NO.CO2.Au/c6-5(7)4-2-1-3-8-4;1-2-5-3-4-1;2-1-3;/h1-3H,(H,6,7);1-3H;;. The maximum Gasteiger partial charge on any atom is 0.373 e. The van der Waals surface area contributed by atoms with E-state index in [0.29, 0.717) is 0 Å². The molecule has 2 rings (SSSR count). The minimum atomic E-state index is -1.03. The molecule has 1 N–H and O–H groups in total. The number of carboxylic acid groups (broad SMARTS) is 1. The third kappa shape index (κ3) is 10.4. The number of aromatic nitrogens is 1. The molecule has 2 aromatic rings. The second-order valence-electron chi connectivity index (χ2n) is 2.04. The van der Waals surface area contributed by atoms with Crippen LogP contribution in [0.2, 0.25) is 0 Å². The maximum atomic E-state index is 9.97. The fourth-order valence-corrected chi connectivity index (χ4v) is 0.576. The van der Waals surface area contributed by atoms with E-state index in [1.165, 1.54) is 31.1 Å². The van der Waals surface area contributed by atoms with Crippen LogP contribution < -0.4 is 0 Å². The second kappa shape index (κ2) is 12.2. The van der Waals surface area contributed by atoms with Crippen LogP contribution in [0.25, 0.3) is 0 Å². The van der Waals surface area contributed by atoms with Crippen molar-refractivity contribution in [3.63, 3.8) is 0 Å². The van der Waals surface area contributed by atoms with Crippen LogP contribution >= 0.6 is 0 Å². The van der Waals surface area contributed by atoms with Crippen molar-refractivity contribution in [3.05, 3.63) is 43.0 Å². The number of oxazole rings is 1. The molecule has 0 spiro atoms. The summed E-state index contributed by atoms with van der Waals surface area (Å²) in [7, 11) is 0. The Morgan fingerprint density at radius 2 is 2.00 bits per heavy atom. The van der Waals surface area contributed by atoms with Gasteiger partial charge >= 0.3 is 12.1 Å². The predicted octanol–water partition coefficient (Wildman–Crippen LogP) is 1.07. The van der Waals surface area contributed by atoms with Crippen molar-refractivity contribution < 1.29 is 50.7 Å². The number of nitrogens with zero attached hydrogens (tertiary/aromatic N) is 1. The van der Waals surface area contributed by atoms with Gasteiger partial charge in [0.25, 0.3) is 0 Å². The fourth-order valence-electron chi connectivity index (χ4n) is 0.576. The number of hydrogen-bond donors (Lipinski definition) is 1. The van der Waals surface area contributed by atoms with E-state index in [1.807, 2.05) is 0 Å². The molecule has 2 aromatic heterocycles. The summed E-state index contributed by atoms with van der Waals surface area (Å²) in [6.45, 7) is 0. The van der Waals surface area contributed by atoms with E-state index >= 15 is 0 Å². The average molecular weight is 422 g/mol. The third-order valence-corrected chi connectivity index (χ3v) is 1.08. The third-order valence-electron chi connectivity index (χ3n) is 1.08. The monoisotopic (exact) mass is 422 g/mol. The van der Waals surface area contributed by atoms with Crippen molar-refractivity contribution in [3.8, 4) is 0 Å². The van der Waals surface area contributed by atoms with Gasteiger partial charge in [-0.2, -0.15) is 9.59 Å². The molecular weight excluding hydrogens is 415 g/mol. The Balaban J connectivity index is 0. The normalized spacial score (nSPS) is 7.06. The van der Waals surface area contributed by atoms with Crippen molar-refractivity contribution in [2.75, 3.05) is 0 Å². The summed E-state index contributed by atoms with van der Waals surface area (Å²) in [6, 6.07) is 2.92. The molecule has 0 aromatic carbocycles. The largest absolute Gasteiger partial charge is 0.475 e. The van der Waals surface area contributed by atoms with Crippen LogP contribution in [0.5, 0.6) is 0 Å². The zero-order valence-corrected chi connectivity index (χ0v) is 10.4. The predicted molar refractivity (Wildman–Crippen MR) is 47.2 cm³/mol. The summed E-state index contributed by atoms with van der Waals surface area (Å²) >= 11 is 0. The quantitative estimate of drug-likeness (QED) is 0.685. The van der Waals surface area contributed by atoms with Gasteiger partial charge in [-0.25, -0.2) is 9.78 Å². The van der Waals surface area contributed by atoms with Gasteiger partial charge in [-0.05, 0) is 12.1 Å². The van der Waals surface area contributed by atoms with Crippen LogP contribution in [0, 0.1) is 0 Å². The van der Waals surface area contributed by atoms with Gasteiger partial charge in [0.05, 0.1) is 12.5 Å². The summed E-state index contributed by atoms with van der Waals surface area (Å²) in [5.41, 5.74) is 0. The first kappa shape index (κ1) is 17.5. The van der Waals surface area contributed by atoms with Gasteiger partial charge in [-0.3, -0.25) is 0 Å². The minimum absolute atomic E-state index is 0. The Morgan fingerprint density at radius 3 is 2.18 bits per heavy atom. The molecule has 17 heavy (non-hydrogen) atoms. The molecule has 0 bridgehead atoms. The molecule has 2 heterocycles. The molecule has 8 heteroatoms. The zero-order valence-electron chi connectivity index (χ0n) is 8.20. The fraction of sp³-hybridized carbons (Fsp3) is 0. The van der Waals surface area contributed by atoms with Gasteiger partial charge in [-0.1, -0.05) is 0 Å². The van der Waals surface area contributed by atoms with E-state index in [4.69, 9.17) is 14.7 Å². The summed E-state index contributed by atoms with van der Waals surface area (Å²) in [5, 5.41) is 8.18. The van der Waals surface area contributed by atoms with Crippen LogP contribution in [-0.2, 0) is 32.0 Å². The minimum Gasteiger partial charge on any atom is -0.475 e. The number of carbonyl (C=O) groups is 1. The molecule has 0 aliphatic carbocycles. The molecule has 0 atom stereocenters. The van der Waals surface area contributed by atoms with Gasteiger partial charge in [0.1, 0.15) is 6.26 Å². The van der Waals surface area contributed by atoms with Crippen molar-refractivity contribution in [2.24, 2.45) is 0 Å². The number of rotatable bonds is 1. The van der Waals surface area contributed by atoms with E-state index in [0.717, 1.165) is 0 Å². The summed E-state index contributed by atoms with van der Waals surface area (Å²) < 4.78 is 8.97. The Kier molecular flexibility index (Phi) is 12.5. The van der Waals surface area contributed by atoms with Crippen LogP contribution in [-0.4, -0.2) is 22.2 Å². The first-order valence-electron chi connectivity index (χ1n) is 3.80. The van der Waals surface area contributed by atoms with E-state index < -0.39 is 5.97 Å². The van der Waals surface area contributed by atoms with Gasteiger partial charge < -0.3 is 13.9 Å². The van der Waals surface area contributed by atoms with Gasteiger partial charge in [0.2, 0.25) is 5.76 Å². The Hall–Kier alpha value is -1.92. The number of aromatic carboxylic acids is 1. The van der Waals surface area contributed by atoms with Crippen LogP contribution in [0.1, 0.15) is 10.6 Å². The van der Waals surface area contributed by atoms with E-state index in [2.05, 4.69) is 13.8 Å². The first-order valence-corrected chi connectivity index (χ1v) is 3.80. The zero-order chi connectivity index (χ0) is 12.2. The van der Waals surface area contributed by atoms with Crippen molar-refractivity contribution in [2.45, 2.75) is 0 Å². The molecular formula is C9H7AuNO6. The second-order valence-corrected chi connectivity index (χ2v) is 2.04. The van der Waals surface area contributed by atoms with Gasteiger partial charge in [0, 0.05) is 22.4 Å². The molecule has 1 radical (unpaired) electrons. The molecule has 0 saturated carbocycles. The molecule has 95 valence electrons. The maximum absolute atomic E-state index is 9.97. The van der Waals surface area contributed by atoms with E-state index in [1.54, 1.807) is 6.20 Å². The Bertz CT molecular complexity index is 387. The Morgan fingerprint density at radius 1 is 1.35 bits per heavy atom. The summed E-state index contributed by atoms with van der Waals surface area (Å²) in [4.78, 5) is 29.8. The average Bonchev–Trinajstić information content (AvgIpc) is 2.96. The molecule has 0 fully saturated rings. The van der Waals surface area contributed by atoms with E-state index in [-0.39, 0.29) is 34.3 Å². The van der Waals surface area contributed by atoms with Crippen molar-refractivity contribution in [1.29, 1.82) is 0 Å². The summed E-state index contributed by atoms with van der Waals surface area (Å²) in [6.07, 6.45) is 6.05. The molecule has 0 saturated heterocycles. The molecule has 7 nitrogen and oxygen atoms in total. The van der Waals surface area contributed by atoms with E-state index in [9.17, 15) is 4.79 Å². The molecule has 0 amide bonds. The van der Waals surface area contributed by atoms with Crippen molar-refractivity contribution >= 4 is 12.1 Å². The topological polar surface area (TPSA) is 111 Å².